The Balaban J connectivity index is 2.03. The number of unbranched alkanes of at least 4 members (excludes halogenated alkanes) is 2. The first-order chi connectivity index (χ1) is 28.5. The number of ether oxygens (including phenoxy) is 3. The summed E-state index contributed by atoms with van der Waals surface area (Å²) in [4.78, 5) is 95.3. The van der Waals surface area contributed by atoms with Gasteiger partial charge in [-0.3, -0.25) is 24.2 Å². The molecule has 1 aromatic rings. The molecule has 0 radical (unpaired) electrons. The Morgan fingerprint density at radius 3 is 1.72 bits per heavy atom. The number of nitrogens with two attached hydrogens (primary N) is 1. The molecule has 17 nitrogen and oxygen atoms in total. The smallest absolute Gasteiger partial charge is 0.329 e. The van der Waals surface area contributed by atoms with Gasteiger partial charge in [0, 0.05) is 37.8 Å². The van der Waals surface area contributed by atoms with Gasteiger partial charge in [0.05, 0.1) is 5.56 Å². The van der Waals surface area contributed by atoms with E-state index in [2.05, 4.69) is 31.6 Å². The molecule has 0 aromatic carbocycles. The fourth-order valence-electron chi connectivity index (χ4n) is 6.56. The summed E-state index contributed by atoms with van der Waals surface area (Å²) in [5.74, 6) is -2.54. The number of aromatic nitrogens is 1. The van der Waals surface area contributed by atoms with E-state index in [0.717, 1.165) is 12.8 Å². The average Bonchev–Trinajstić information content (AvgIpc) is 3.16. The summed E-state index contributed by atoms with van der Waals surface area (Å²) >= 11 is 0. The molecule has 0 spiro atoms. The number of rotatable bonds is 22. The normalized spacial score (nSPS) is 17.1. The molecular weight excluding hydrogens is 787 g/mol. The molecule has 17 heteroatoms. The van der Waals surface area contributed by atoms with Crippen LogP contribution in [-0.2, 0) is 38.2 Å². The lowest BCUT2D eigenvalue weighted by Crippen LogP contribution is -2.53. The number of hydrogen-bond donors (Lipinski definition) is 6. The highest BCUT2D eigenvalue weighted by Gasteiger charge is 2.32. The third kappa shape index (κ3) is 22.6. The van der Waals surface area contributed by atoms with Crippen molar-refractivity contribution in [3.63, 3.8) is 0 Å². The molecule has 0 bridgehead atoms. The van der Waals surface area contributed by atoms with Crippen LogP contribution >= 0.6 is 0 Å². The summed E-state index contributed by atoms with van der Waals surface area (Å²) in [7, 11) is 0. The van der Waals surface area contributed by atoms with Crippen molar-refractivity contribution in [3.8, 4) is 0 Å². The van der Waals surface area contributed by atoms with Gasteiger partial charge < -0.3 is 46.5 Å². The number of pyridine rings is 1. The highest BCUT2D eigenvalue weighted by atomic mass is 16.6. The summed E-state index contributed by atoms with van der Waals surface area (Å²) in [6, 6.07) is -0.603. The molecule has 1 saturated carbocycles. The number of carbonyl (C=O) groups is 7. The fraction of sp³-hybridized carbons (Fsp3) is 0.727. The second kappa shape index (κ2) is 25.2. The topological polar surface area (TPSA) is 246 Å². The molecule has 2 rings (SSSR count). The van der Waals surface area contributed by atoms with E-state index in [4.69, 9.17) is 19.9 Å². The van der Waals surface area contributed by atoms with Crippen LogP contribution in [0.4, 0.5) is 4.79 Å². The zero-order valence-corrected chi connectivity index (χ0v) is 37.9. The number of amides is 5. The summed E-state index contributed by atoms with van der Waals surface area (Å²) in [6.45, 7) is 16.5. The minimum absolute atomic E-state index is 0.104. The SMILES string of the molecule is CC(C)(C)OC(=O)CC[C@H](NC(=O)N[C@@H](CCCCNC(=O)[C@H](CCCCNC(=O)c1cccnc1)NC(=O)C1CCC(CN)CC1)C(=O)OC(C)(C)C)C(=O)OC(C)(C)C. The Hall–Kier alpha value is -4.80. The van der Waals surface area contributed by atoms with Crippen LogP contribution in [0.15, 0.2) is 24.5 Å². The highest BCUT2D eigenvalue weighted by Crippen LogP contribution is 2.28. The van der Waals surface area contributed by atoms with E-state index in [0.29, 0.717) is 69.5 Å². The zero-order valence-electron chi connectivity index (χ0n) is 37.9. The van der Waals surface area contributed by atoms with Crippen molar-refractivity contribution in [3.05, 3.63) is 30.1 Å². The predicted octanol–water partition coefficient (Wildman–Crippen LogP) is 4.36. The van der Waals surface area contributed by atoms with Gasteiger partial charge in [0.25, 0.3) is 5.91 Å². The second-order valence-electron chi connectivity index (χ2n) is 18.7. The molecule has 1 aliphatic rings. The Kier molecular flexibility index (Phi) is 21.6. The maximum atomic E-state index is 13.5. The van der Waals surface area contributed by atoms with Gasteiger partial charge in [-0.1, -0.05) is 0 Å². The van der Waals surface area contributed by atoms with E-state index in [-0.39, 0.29) is 49.4 Å². The zero-order chi connectivity index (χ0) is 45.8. The molecule has 0 unspecified atom stereocenters. The molecule has 5 amide bonds. The van der Waals surface area contributed by atoms with Crippen LogP contribution in [0.3, 0.4) is 0 Å². The van der Waals surface area contributed by atoms with Gasteiger partial charge in [-0.05, 0) is 158 Å². The standard InChI is InChI=1S/C44H73N7O10/c1-42(2,3)59-35(52)23-22-34(40(57)61-44(7,8)9)51-41(58)50-33(39(56)60-43(4,5)6)17-11-13-26-48-38(55)32(49-37(54)30-20-18-29(27-45)19-21-30)16-10-12-25-47-36(53)31-15-14-24-46-28-31/h14-15,24,28-30,32-34H,10-13,16-23,25-27,45H2,1-9H3,(H,47,53)(H,48,55)(H,49,54)(H2,50,51,58)/t29?,30?,32-,33-,34-/m0/s1. The Morgan fingerprint density at radius 2 is 1.21 bits per heavy atom. The van der Waals surface area contributed by atoms with E-state index >= 15 is 0 Å². The first kappa shape index (κ1) is 52.3. The summed E-state index contributed by atoms with van der Waals surface area (Å²) in [6.07, 6.45) is 8.40. The van der Waals surface area contributed by atoms with Crippen LogP contribution in [0.25, 0.3) is 0 Å². The lowest BCUT2D eigenvalue weighted by molar-refractivity contribution is -0.159. The van der Waals surface area contributed by atoms with E-state index < -0.39 is 58.9 Å². The van der Waals surface area contributed by atoms with Crippen molar-refractivity contribution >= 4 is 41.7 Å². The van der Waals surface area contributed by atoms with Crippen LogP contribution in [0, 0.1) is 11.8 Å². The number of esters is 3. The number of hydrogen-bond acceptors (Lipinski definition) is 12. The van der Waals surface area contributed by atoms with Crippen LogP contribution in [0.2, 0.25) is 0 Å². The molecule has 344 valence electrons. The largest absolute Gasteiger partial charge is 0.460 e. The van der Waals surface area contributed by atoms with E-state index in [1.807, 2.05) is 0 Å². The fourth-order valence-corrected chi connectivity index (χ4v) is 6.56. The summed E-state index contributed by atoms with van der Waals surface area (Å²) in [5.41, 5.74) is 3.82. The minimum Gasteiger partial charge on any atom is -0.460 e. The quantitative estimate of drug-likeness (QED) is 0.0541. The Bertz CT molecular complexity index is 1580. The molecule has 61 heavy (non-hydrogen) atoms. The van der Waals surface area contributed by atoms with Crippen molar-refractivity contribution < 1.29 is 47.8 Å². The average molecular weight is 860 g/mol. The molecule has 0 saturated heterocycles. The van der Waals surface area contributed by atoms with Gasteiger partial charge in [0.15, 0.2) is 0 Å². The van der Waals surface area contributed by atoms with Gasteiger partial charge in [0.2, 0.25) is 11.8 Å². The summed E-state index contributed by atoms with van der Waals surface area (Å²) < 4.78 is 16.4. The molecule has 1 aliphatic carbocycles. The van der Waals surface area contributed by atoms with Crippen molar-refractivity contribution in [1.29, 1.82) is 0 Å². The van der Waals surface area contributed by atoms with Crippen LogP contribution < -0.4 is 32.3 Å². The number of nitrogens with one attached hydrogen (secondary N) is 5. The molecule has 1 heterocycles. The van der Waals surface area contributed by atoms with Crippen molar-refractivity contribution in [2.24, 2.45) is 17.6 Å². The molecular formula is C44H73N7O10. The monoisotopic (exact) mass is 860 g/mol. The number of urea groups is 1. The second-order valence-corrected chi connectivity index (χ2v) is 18.7. The van der Waals surface area contributed by atoms with Crippen molar-refractivity contribution in [2.45, 2.75) is 174 Å². The Morgan fingerprint density at radius 1 is 0.689 bits per heavy atom. The van der Waals surface area contributed by atoms with Gasteiger partial charge in [0.1, 0.15) is 34.9 Å². The molecule has 3 atom stereocenters. The van der Waals surface area contributed by atoms with Crippen molar-refractivity contribution in [1.82, 2.24) is 31.6 Å². The van der Waals surface area contributed by atoms with E-state index in [1.165, 1.54) is 6.20 Å². The van der Waals surface area contributed by atoms with Gasteiger partial charge in [-0.15, -0.1) is 0 Å². The predicted molar refractivity (Wildman–Crippen MR) is 230 cm³/mol. The van der Waals surface area contributed by atoms with Crippen LogP contribution in [-0.4, -0.2) is 101 Å². The minimum atomic E-state index is -1.22. The van der Waals surface area contributed by atoms with E-state index in [1.54, 1.807) is 80.6 Å². The molecule has 7 N–H and O–H groups in total. The van der Waals surface area contributed by atoms with Gasteiger partial charge in [-0.25, -0.2) is 14.4 Å². The van der Waals surface area contributed by atoms with Crippen LogP contribution in [0.1, 0.15) is 150 Å². The number of nitrogens with zero attached hydrogens (tertiary/aromatic N) is 1. The van der Waals surface area contributed by atoms with Gasteiger partial charge in [-0.2, -0.15) is 0 Å². The third-order valence-electron chi connectivity index (χ3n) is 9.58. The number of carbonyl (C=O) groups excluding carboxylic acids is 7. The first-order valence-electron chi connectivity index (χ1n) is 21.7. The molecule has 0 aliphatic heterocycles. The maximum absolute atomic E-state index is 13.5. The lowest BCUT2D eigenvalue weighted by atomic mass is 9.81. The summed E-state index contributed by atoms with van der Waals surface area (Å²) in [5, 5.41) is 13.9. The van der Waals surface area contributed by atoms with Crippen molar-refractivity contribution in [2.75, 3.05) is 19.6 Å². The maximum Gasteiger partial charge on any atom is 0.329 e. The Labute approximate surface area is 361 Å². The van der Waals surface area contributed by atoms with Crippen LogP contribution in [0.5, 0.6) is 0 Å². The molecule has 1 fully saturated rings. The van der Waals surface area contributed by atoms with Gasteiger partial charge >= 0.3 is 23.9 Å². The van der Waals surface area contributed by atoms with E-state index in [9.17, 15) is 33.6 Å². The highest BCUT2D eigenvalue weighted by molar-refractivity contribution is 5.93. The molecule has 1 aromatic heterocycles. The first-order valence-corrected chi connectivity index (χ1v) is 21.7. The lowest BCUT2D eigenvalue weighted by Gasteiger charge is -2.28. The third-order valence-corrected chi connectivity index (χ3v) is 9.58.